The smallest absolute Gasteiger partial charge is 0.217 e. The van der Waals surface area contributed by atoms with E-state index < -0.39 is 0 Å². The van der Waals surface area contributed by atoms with Crippen LogP contribution in [0.5, 0.6) is 0 Å². The molecule has 0 saturated carbocycles. The molecule has 0 aromatic carbocycles. The van der Waals surface area contributed by atoms with Crippen LogP contribution in [0.4, 0.5) is 5.82 Å². The van der Waals surface area contributed by atoms with E-state index in [9.17, 15) is 10.1 Å². The summed E-state index contributed by atoms with van der Waals surface area (Å²) in [6.45, 7) is 3.63. The first-order valence-electron chi connectivity index (χ1n) is 7.00. The minimum Gasteiger partial charge on any atom is -0.370 e. The van der Waals surface area contributed by atoms with Crippen LogP contribution in [0.25, 0.3) is 0 Å². The van der Waals surface area contributed by atoms with Gasteiger partial charge in [0.2, 0.25) is 5.91 Å². The van der Waals surface area contributed by atoms with Gasteiger partial charge in [0.1, 0.15) is 11.9 Å². The molecule has 2 heterocycles. The fourth-order valence-corrected chi connectivity index (χ4v) is 2.79. The van der Waals surface area contributed by atoms with E-state index in [0.717, 1.165) is 43.7 Å². The minimum absolute atomic E-state index is 0.227. The second-order valence-corrected chi connectivity index (χ2v) is 5.39. The van der Waals surface area contributed by atoms with Crippen molar-refractivity contribution < 1.29 is 4.79 Å². The van der Waals surface area contributed by atoms with Crippen molar-refractivity contribution >= 4 is 11.7 Å². The van der Waals surface area contributed by atoms with E-state index in [1.165, 1.54) is 0 Å². The molecule has 0 bridgehead atoms. The molecular formula is C15H20N4O. The maximum atomic E-state index is 11.0. The van der Waals surface area contributed by atoms with Crippen LogP contribution >= 0.6 is 0 Å². The van der Waals surface area contributed by atoms with Crippen molar-refractivity contribution in [2.75, 3.05) is 18.0 Å². The zero-order valence-corrected chi connectivity index (χ0v) is 11.8. The second kappa shape index (κ2) is 6.38. The molecule has 1 aliphatic rings. The van der Waals surface area contributed by atoms with Crippen LogP contribution in [0.2, 0.25) is 0 Å². The van der Waals surface area contributed by atoms with Crippen molar-refractivity contribution in [3.8, 4) is 6.07 Å². The lowest BCUT2D eigenvalue weighted by atomic mass is 9.97. The third-order valence-electron chi connectivity index (χ3n) is 3.89. The summed E-state index contributed by atoms with van der Waals surface area (Å²) in [5, 5.41) is 9.29. The lowest BCUT2D eigenvalue weighted by Gasteiger charge is -2.23. The average Bonchev–Trinajstić information content (AvgIpc) is 2.63. The predicted molar refractivity (Wildman–Crippen MR) is 77.1 cm³/mol. The molecule has 1 unspecified atom stereocenters. The van der Waals surface area contributed by atoms with Gasteiger partial charge in [-0.1, -0.05) is 0 Å². The highest BCUT2D eigenvalue weighted by Crippen LogP contribution is 2.26. The lowest BCUT2D eigenvalue weighted by Crippen LogP contribution is -2.26. The first-order valence-corrected chi connectivity index (χ1v) is 7.00. The predicted octanol–water partition coefficient (Wildman–Crippen LogP) is 1.74. The molecule has 5 heteroatoms. The van der Waals surface area contributed by atoms with Gasteiger partial charge in [-0.2, -0.15) is 5.26 Å². The molecule has 1 amide bonds. The third-order valence-corrected chi connectivity index (χ3v) is 3.89. The topological polar surface area (TPSA) is 83.0 Å². The first-order chi connectivity index (χ1) is 9.61. The summed E-state index contributed by atoms with van der Waals surface area (Å²) < 4.78 is 0. The van der Waals surface area contributed by atoms with Crippen molar-refractivity contribution in [1.82, 2.24) is 4.98 Å². The molecular weight excluding hydrogens is 252 g/mol. The second-order valence-electron chi connectivity index (χ2n) is 5.39. The van der Waals surface area contributed by atoms with Gasteiger partial charge < -0.3 is 10.6 Å². The number of nitrogens with two attached hydrogens (primary N) is 1. The number of nitriles is 1. The number of carbonyl (C=O) groups excluding carboxylic acids is 1. The highest BCUT2D eigenvalue weighted by atomic mass is 16.1. The van der Waals surface area contributed by atoms with Crippen LogP contribution in [0.3, 0.4) is 0 Å². The summed E-state index contributed by atoms with van der Waals surface area (Å²) in [6, 6.07) is 4.10. The molecule has 2 rings (SSSR count). The zero-order chi connectivity index (χ0) is 14.5. The Balaban J connectivity index is 2.13. The number of carbonyl (C=O) groups is 1. The van der Waals surface area contributed by atoms with Gasteiger partial charge in [-0.15, -0.1) is 0 Å². The van der Waals surface area contributed by atoms with Crippen molar-refractivity contribution in [3.05, 3.63) is 23.4 Å². The van der Waals surface area contributed by atoms with Crippen molar-refractivity contribution in [2.24, 2.45) is 11.7 Å². The monoisotopic (exact) mass is 272 g/mol. The number of pyridine rings is 1. The van der Waals surface area contributed by atoms with Crippen LogP contribution in [-0.4, -0.2) is 24.0 Å². The maximum Gasteiger partial charge on any atom is 0.217 e. The van der Waals surface area contributed by atoms with Gasteiger partial charge >= 0.3 is 0 Å². The van der Waals surface area contributed by atoms with E-state index in [2.05, 4.69) is 16.0 Å². The van der Waals surface area contributed by atoms with E-state index in [1.807, 2.05) is 13.0 Å². The molecule has 20 heavy (non-hydrogen) atoms. The molecule has 0 radical (unpaired) electrons. The Hall–Kier alpha value is -2.09. The van der Waals surface area contributed by atoms with E-state index in [1.54, 1.807) is 6.20 Å². The molecule has 2 N–H and O–H groups in total. The highest BCUT2D eigenvalue weighted by molar-refractivity contribution is 5.74. The maximum absolute atomic E-state index is 11.0. The number of amides is 1. The van der Waals surface area contributed by atoms with Crippen molar-refractivity contribution in [3.63, 3.8) is 0 Å². The SMILES string of the molecule is Cc1ccnc(N2CCCC(CC(N)=O)CC2)c1C#N. The summed E-state index contributed by atoms with van der Waals surface area (Å²) >= 11 is 0. The average molecular weight is 272 g/mol. The van der Waals surface area contributed by atoms with Gasteiger partial charge in [-0.05, 0) is 43.7 Å². The van der Waals surface area contributed by atoms with Crippen LogP contribution in [0.15, 0.2) is 12.3 Å². The van der Waals surface area contributed by atoms with E-state index >= 15 is 0 Å². The number of rotatable bonds is 3. The number of hydrogen-bond acceptors (Lipinski definition) is 4. The first kappa shape index (κ1) is 14.3. The largest absolute Gasteiger partial charge is 0.370 e. The molecule has 5 nitrogen and oxygen atoms in total. The van der Waals surface area contributed by atoms with Gasteiger partial charge in [0.25, 0.3) is 0 Å². The van der Waals surface area contributed by atoms with Crippen molar-refractivity contribution in [1.29, 1.82) is 5.26 Å². The number of aryl methyl sites for hydroxylation is 1. The number of primary amides is 1. The summed E-state index contributed by atoms with van der Waals surface area (Å²) in [4.78, 5) is 17.6. The number of hydrogen-bond donors (Lipinski definition) is 1. The molecule has 1 atom stereocenters. The van der Waals surface area contributed by atoms with Crippen LogP contribution in [0, 0.1) is 24.2 Å². The Morgan fingerprint density at radius 3 is 3.05 bits per heavy atom. The molecule has 1 saturated heterocycles. The quantitative estimate of drug-likeness (QED) is 0.908. The summed E-state index contributed by atoms with van der Waals surface area (Å²) in [5.41, 5.74) is 6.89. The molecule has 1 aromatic heterocycles. The van der Waals surface area contributed by atoms with Gasteiger partial charge in [0.15, 0.2) is 0 Å². The Morgan fingerprint density at radius 1 is 1.55 bits per heavy atom. The molecule has 1 aliphatic heterocycles. The zero-order valence-electron chi connectivity index (χ0n) is 11.8. The normalized spacial score (nSPS) is 19.2. The molecule has 1 fully saturated rings. The molecule has 0 aliphatic carbocycles. The molecule has 1 aromatic rings. The van der Waals surface area contributed by atoms with Gasteiger partial charge in [0, 0.05) is 25.7 Å². The van der Waals surface area contributed by atoms with Gasteiger partial charge in [-0.3, -0.25) is 4.79 Å². The highest BCUT2D eigenvalue weighted by Gasteiger charge is 2.21. The summed E-state index contributed by atoms with van der Waals surface area (Å²) in [5.74, 6) is 0.898. The Morgan fingerprint density at radius 2 is 2.35 bits per heavy atom. The number of aromatic nitrogens is 1. The van der Waals surface area contributed by atoms with Gasteiger partial charge in [-0.25, -0.2) is 4.98 Å². The van der Waals surface area contributed by atoms with Crippen molar-refractivity contribution in [2.45, 2.75) is 32.6 Å². The number of nitrogens with zero attached hydrogens (tertiary/aromatic N) is 3. The van der Waals surface area contributed by atoms with E-state index in [4.69, 9.17) is 5.73 Å². The van der Waals surface area contributed by atoms with Crippen LogP contribution in [-0.2, 0) is 4.79 Å². The Labute approximate surface area is 119 Å². The Bertz CT molecular complexity index is 535. The van der Waals surface area contributed by atoms with Crippen LogP contribution < -0.4 is 10.6 Å². The Kier molecular flexibility index (Phi) is 4.57. The fraction of sp³-hybridized carbons (Fsp3) is 0.533. The van der Waals surface area contributed by atoms with Crippen LogP contribution in [0.1, 0.15) is 36.8 Å². The standard InChI is InChI=1S/C15H20N4O/c1-11-4-6-18-15(13(11)10-16)19-7-2-3-12(5-8-19)9-14(17)20/h4,6,12H,2-3,5,7-9H2,1H3,(H2,17,20). The fourth-order valence-electron chi connectivity index (χ4n) is 2.79. The summed E-state index contributed by atoms with van der Waals surface area (Å²) in [7, 11) is 0. The molecule has 106 valence electrons. The third kappa shape index (κ3) is 3.27. The van der Waals surface area contributed by atoms with Gasteiger partial charge in [0.05, 0.1) is 5.56 Å². The van der Waals surface area contributed by atoms with E-state index in [0.29, 0.717) is 17.9 Å². The summed E-state index contributed by atoms with van der Waals surface area (Å²) in [6.07, 6.45) is 5.13. The lowest BCUT2D eigenvalue weighted by molar-refractivity contribution is -0.118. The molecule has 0 spiro atoms. The van der Waals surface area contributed by atoms with E-state index in [-0.39, 0.29) is 5.91 Å². The number of anilines is 1. The minimum atomic E-state index is -0.227.